The van der Waals surface area contributed by atoms with E-state index in [9.17, 15) is 13.2 Å². The molecule has 1 N–H and O–H groups in total. The van der Waals surface area contributed by atoms with Crippen molar-refractivity contribution in [3.8, 4) is 5.75 Å². The van der Waals surface area contributed by atoms with Crippen molar-refractivity contribution in [3.05, 3.63) is 71.2 Å². The monoisotopic (exact) mass is 443 g/mol. The second-order valence-electron chi connectivity index (χ2n) is 7.00. The molecule has 1 aromatic heterocycles. The van der Waals surface area contributed by atoms with Crippen molar-refractivity contribution in [1.29, 1.82) is 0 Å². The van der Waals surface area contributed by atoms with Gasteiger partial charge in [-0.25, -0.2) is 13.4 Å². The number of thiazole rings is 1. The zero-order valence-corrected chi connectivity index (χ0v) is 17.9. The minimum absolute atomic E-state index is 0.0789. The Morgan fingerprint density at radius 3 is 2.67 bits per heavy atom. The van der Waals surface area contributed by atoms with Gasteiger partial charge in [0.1, 0.15) is 17.5 Å². The molecule has 2 aromatic carbocycles. The minimum Gasteiger partial charge on any atom is -0.488 e. The van der Waals surface area contributed by atoms with Crippen LogP contribution in [-0.2, 0) is 10.0 Å². The summed E-state index contributed by atoms with van der Waals surface area (Å²) in [6, 6.07) is 15.8. The first-order valence-corrected chi connectivity index (χ1v) is 11.8. The highest BCUT2D eigenvalue weighted by atomic mass is 32.2. The quantitative estimate of drug-likeness (QED) is 0.629. The second kappa shape index (κ2) is 8.45. The molecule has 0 bridgehead atoms. The highest BCUT2D eigenvalue weighted by Gasteiger charge is 2.30. The Labute approximate surface area is 179 Å². The summed E-state index contributed by atoms with van der Waals surface area (Å²) >= 11 is 1.08. The van der Waals surface area contributed by atoms with Gasteiger partial charge in [0.05, 0.1) is 11.4 Å². The van der Waals surface area contributed by atoms with Crippen LogP contribution in [0.4, 0.5) is 5.13 Å². The lowest BCUT2D eigenvalue weighted by Crippen LogP contribution is -2.31. The third-order valence-corrected chi connectivity index (χ3v) is 7.06. The summed E-state index contributed by atoms with van der Waals surface area (Å²) in [5.41, 5.74) is 1.28. The summed E-state index contributed by atoms with van der Waals surface area (Å²) in [5, 5.41) is 1.73. The number of amides is 1. The summed E-state index contributed by atoms with van der Waals surface area (Å²) in [5.74, 6) is 0.593. The van der Waals surface area contributed by atoms with E-state index in [-0.39, 0.29) is 27.7 Å². The summed E-state index contributed by atoms with van der Waals surface area (Å²) in [6.45, 7) is 3.02. The van der Waals surface area contributed by atoms with E-state index in [4.69, 9.17) is 4.74 Å². The topological polar surface area (TPSA) is 88.6 Å². The fraction of sp³-hybridized carbons (Fsp3) is 0.238. The molecule has 4 rings (SSSR count). The number of hydrogen-bond acceptors (Lipinski definition) is 6. The molecule has 1 atom stereocenters. The van der Waals surface area contributed by atoms with Crippen molar-refractivity contribution < 1.29 is 17.9 Å². The first-order valence-electron chi connectivity index (χ1n) is 9.47. The molecular formula is C21H21N3O4S2. The number of anilines is 1. The first kappa shape index (κ1) is 20.4. The van der Waals surface area contributed by atoms with Crippen molar-refractivity contribution >= 4 is 32.4 Å². The number of para-hydroxylation sites is 1. The average molecular weight is 444 g/mol. The van der Waals surface area contributed by atoms with Gasteiger partial charge in [-0.05, 0) is 30.7 Å². The summed E-state index contributed by atoms with van der Waals surface area (Å²) in [7, 11) is -3.74. The van der Waals surface area contributed by atoms with Gasteiger partial charge in [0.15, 0.2) is 5.13 Å². The Balaban J connectivity index is 1.39. The predicted octanol–water partition coefficient (Wildman–Crippen LogP) is 3.55. The summed E-state index contributed by atoms with van der Waals surface area (Å²) in [4.78, 5) is 18.8. The zero-order chi connectivity index (χ0) is 21.1. The third-order valence-electron chi connectivity index (χ3n) is 4.82. The molecule has 3 aromatic rings. The SMILES string of the molecule is Cc1ccccc1O[C@@H]1CCN(C(=O)c2csc(NS(=O)(=O)c3ccccc3)n2)C1. The van der Waals surface area contributed by atoms with Crippen LogP contribution in [0.15, 0.2) is 64.9 Å². The van der Waals surface area contributed by atoms with Gasteiger partial charge in [0.2, 0.25) is 0 Å². The maximum absolute atomic E-state index is 12.8. The second-order valence-corrected chi connectivity index (χ2v) is 9.54. The highest BCUT2D eigenvalue weighted by Crippen LogP contribution is 2.25. The number of rotatable bonds is 6. The van der Waals surface area contributed by atoms with Crippen molar-refractivity contribution in [2.45, 2.75) is 24.3 Å². The van der Waals surface area contributed by atoms with Gasteiger partial charge in [-0.1, -0.05) is 36.4 Å². The predicted molar refractivity (Wildman–Crippen MR) is 115 cm³/mol. The number of hydrogen-bond donors (Lipinski definition) is 1. The molecular weight excluding hydrogens is 422 g/mol. The van der Waals surface area contributed by atoms with E-state index >= 15 is 0 Å². The van der Waals surface area contributed by atoms with Gasteiger partial charge in [-0.3, -0.25) is 9.52 Å². The maximum Gasteiger partial charge on any atom is 0.273 e. The normalized spacial score (nSPS) is 16.4. The number of carbonyl (C=O) groups excluding carboxylic acids is 1. The standard InChI is InChI=1S/C21H21N3O4S2/c1-15-7-5-6-10-19(15)28-16-11-12-24(13-16)20(25)18-14-29-21(22-18)23-30(26,27)17-8-3-2-4-9-17/h2-10,14,16H,11-13H2,1H3,(H,22,23)/t16-/m1/s1. The van der Waals surface area contributed by atoms with Crippen LogP contribution in [0.25, 0.3) is 0 Å². The van der Waals surface area contributed by atoms with Gasteiger partial charge in [0, 0.05) is 18.3 Å². The number of ether oxygens (including phenoxy) is 1. The molecule has 0 spiro atoms. The molecule has 1 aliphatic rings. The molecule has 156 valence electrons. The van der Waals surface area contributed by atoms with Crippen molar-refractivity contribution in [2.24, 2.45) is 0 Å². The van der Waals surface area contributed by atoms with Crippen LogP contribution in [0.1, 0.15) is 22.5 Å². The molecule has 30 heavy (non-hydrogen) atoms. The van der Waals surface area contributed by atoms with Gasteiger partial charge >= 0.3 is 0 Å². The first-order chi connectivity index (χ1) is 14.4. The lowest BCUT2D eigenvalue weighted by molar-refractivity contribution is 0.0767. The van der Waals surface area contributed by atoms with Crippen LogP contribution >= 0.6 is 11.3 Å². The number of sulfonamides is 1. The smallest absolute Gasteiger partial charge is 0.273 e. The van der Waals surface area contributed by atoms with E-state index in [0.717, 1.165) is 29.1 Å². The van der Waals surface area contributed by atoms with Crippen LogP contribution < -0.4 is 9.46 Å². The molecule has 0 radical (unpaired) electrons. The largest absolute Gasteiger partial charge is 0.488 e. The highest BCUT2D eigenvalue weighted by molar-refractivity contribution is 7.93. The Bertz CT molecular complexity index is 1150. The molecule has 1 aliphatic heterocycles. The Morgan fingerprint density at radius 1 is 1.17 bits per heavy atom. The van der Waals surface area contributed by atoms with Crippen LogP contribution in [0.2, 0.25) is 0 Å². The molecule has 1 amide bonds. The number of aromatic nitrogens is 1. The van der Waals surface area contributed by atoms with Crippen LogP contribution in [0, 0.1) is 6.92 Å². The Morgan fingerprint density at radius 2 is 1.90 bits per heavy atom. The number of likely N-dealkylation sites (tertiary alicyclic amines) is 1. The van der Waals surface area contributed by atoms with Crippen LogP contribution in [0.5, 0.6) is 5.75 Å². The zero-order valence-electron chi connectivity index (χ0n) is 16.3. The molecule has 9 heteroatoms. The molecule has 1 fully saturated rings. The fourth-order valence-corrected chi connectivity index (χ4v) is 5.19. The summed E-state index contributed by atoms with van der Waals surface area (Å²) in [6.07, 6.45) is 0.655. The van der Waals surface area contributed by atoms with E-state index in [2.05, 4.69) is 9.71 Å². The fourth-order valence-electron chi connectivity index (χ4n) is 3.23. The van der Waals surface area contributed by atoms with Crippen LogP contribution in [0.3, 0.4) is 0 Å². The number of aryl methyl sites for hydroxylation is 1. The van der Waals surface area contributed by atoms with E-state index in [1.807, 2.05) is 31.2 Å². The molecule has 2 heterocycles. The molecule has 0 saturated carbocycles. The van der Waals surface area contributed by atoms with Crippen molar-refractivity contribution in [2.75, 3.05) is 17.8 Å². The molecule has 7 nitrogen and oxygen atoms in total. The Hall–Kier alpha value is -2.91. The van der Waals surface area contributed by atoms with Gasteiger partial charge in [0.25, 0.3) is 15.9 Å². The van der Waals surface area contributed by atoms with E-state index in [1.165, 1.54) is 12.1 Å². The van der Waals surface area contributed by atoms with E-state index in [0.29, 0.717) is 13.1 Å². The lowest BCUT2D eigenvalue weighted by atomic mass is 10.2. The van der Waals surface area contributed by atoms with Crippen molar-refractivity contribution in [1.82, 2.24) is 9.88 Å². The lowest BCUT2D eigenvalue weighted by Gasteiger charge is -2.17. The molecule has 0 aliphatic carbocycles. The number of carbonyl (C=O) groups is 1. The number of nitrogens with one attached hydrogen (secondary N) is 1. The van der Waals surface area contributed by atoms with Crippen molar-refractivity contribution in [3.63, 3.8) is 0 Å². The Kier molecular flexibility index (Phi) is 5.74. The molecule has 0 unspecified atom stereocenters. The third kappa shape index (κ3) is 4.47. The average Bonchev–Trinajstić information content (AvgIpc) is 3.39. The number of benzene rings is 2. The number of nitrogens with zero attached hydrogens (tertiary/aromatic N) is 2. The van der Waals surface area contributed by atoms with E-state index in [1.54, 1.807) is 28.5 Å². The van der Waals surface area contributed by atoms with Gasteiger partial charge in [-0.15, -0.1) is 11.3 Å². The van der Waals surface area contributed by atoms with Gasteiger partial charge < -0.3 is 9.64 Å². The molecule has 1 saturated heterocycles. The van der Waals surface area contributed by atoms with Crippen LogP contribution in [-0.4, -0.2) is 43.4 Å². The minimum atomic E-state index is -3.74. The van der Waals surface area contributed by atoms with Gasteiger partial charge in [-0.2, -0.15) is 0 Å². The summed E-state index contributed by atoms with van der Waals surface area (Å²) < 4.78 is 33.3. The maximum atomic E-state index is 12.8. The van der Waals surface area contributed by atoms with E-state index < -0.39 is 10.0 Å².